The monoisotopic (exact) mass is 352 g/mol. The SMILES string of the molecule is Cc1cc(C)c(-c2ccn3nc(NC4CCCN(C)C4)nc3n2)c(O)c1. The molecule has 1 saturated heterocycles. The van der Waals surface area contributed by atoms with Crippen molar-refractivity contribution >= 4 is 11.7 Å². The maximum atomic E-state index is 10.3. The first-order valence-electron chi connectivity index (χ1n) is 8.98. The number of likely N-dealkylation sites (N-methyl/N-ethyl adjacent to an activating group) is 1. The third kappa shape index (κ3) is 3.22. The van der Waals surface area contributed by atoms with Crippen molar-refractivity contribution in [3.63, 3.8) is 0 Å². The van der Waals surface area contributed by atoms with Crippen LogP contribution >= 0.6 is 0 Å². The van der Waals surface area contributed by atoms with Gasteiger partial charge in [-0.3, -0.25) is 0 Å². The molecule has 7 heteroatoms. The summed E-state index contributed by atoms with van der Waals surface area (Å²) >= 11 is 0. The fourth-order valence-corrected chi connectivity index (χ4v) is 3.72. The highest BCUT2D eigenvalue weighted by Gasteiger charge is 2.19. The van der Waals surface area contributed by atoms with E-state index in [1.807, 2.05) is 32.2 Å². The van der Waals surface area contributed by atoms with Gasteiger partial charge in [-0.1, -0.05) is 6.07 Å². The number of aromatic hydroxyl groups is 1. The van der Waals surface area contributed by atoms with Gasteiger partial charge >= 0.3 is 0 Å². The minimum absolute atomic E-state index is 0.238. The van der Waals surface area contributed by atoms with Gasteiger partial charge in [0.1, 0.15) is 5.75 Å². The summed E-state index contributed by atoms with van der Waals surface area (Å²) in [6.07, 6.45) is 4.13. The Labute approximate surface area is 152 Å². The first-order valence-corrected chi connectivity index (χ1v) is 8.98. The molecule has 0 aliphatic carbocycles. The molecule has 26 heavy (non-hydrogen) atoms. The lowest BCUT2D eigenvalue weighted by Crippen LogP contribution is -2.39. The zero-order valence-corrected chi connectivity index (χ0v) is 15.4. The van der Waals surface area contributed by atoms with E-state index in [-0.39, 0.29) is 5.75 Å². The Morgan fingerprint density at radius 1 is 1.23 bits per heavy atom. The van der Waals surface area contributed by atoms with E-state index in [2.05, 4.69) is 32.3 Å². The summed E-state index contributed by atoms with van der Waals surface area (Å²) in [5.74, 6) is 1.36. The van der Waals surface area contributed by atoms with Crippen molar-refractivity contribution in [3.05, 3.63) is 35.5 Å². The first kappa shape index (κ1) is 16.8. The highest BCUT2D eigenvalue weighted by molar-refractivity contribution is 5.72. The van der Waals surface area contributed by atoms with E-state index in [4.69, 9.17) is 0 Å². The fourth-order valence-electron chi connectivity index (χ4n) is 3.72. The van der Waals surface area contributed by atoms with Crippen LogP contribution in [0.1, 0.15) is 24.0 Å². The Morgan fingerprint density at radius 3 is 2.85 bits per heavy atom. The van der Waals surface area contributed by atoms with Gasteiger partial charge in [-0.25, -0.2) is 9.50 Å². The average molecular weight is 352 g/mol. The number of phenols is 1. The summed E-state index contributed by atoms with van der Waals surface area (Å²) < 4.78 is 1.67. The van der Waals surface area contributed by atoms with Gasteiger partial charge in [0, 0.05) is 24.3 Å². The zero-order chi connectivity index (χ0) is 18.3. The molecule has 2 aromatic heterocycles. The van der Waals surface area contributed by atoms with Gasteiger partial charge in [0.2, 0.25) is 5.95 Å². The Balaban J connectivity index is 1.64. The third-order valence-electron chi connectivity index (χ3n) is 4.88. The minimum Gasteiger partial charge on any atom is -0.507 e. The molecular formula is C19H24N6O. The van der Waals surface area contributed by atoms with Crippen LogP contribution in [-0.2, 0) is 0 Å². The number of aromatic nitrogens is 4. The predicted molar refractivity (Wildman–Crippen MR) is 101 cm³/mol. The number of piperidine rings is 1. The number of anilines is 1. The van der Waals surface area contributed by atoms with Crippen LogP contribution in [0.2, 0.25) is 0 Å². The van der Waals surface area contributed by atoms with E-state index in [0.717, 1.165) is 36.2 Å². The molecule has 0 bridgehead atoms. The molecule has 1 aliphatic rings. The summed E-state index contributed by atoms with van der Waals surface area (Å²) in [6.45, 7) is 6.07. The van der Waals surface area contributed by atoms with Gasteiger partial charge in [0.15, 0.2) is 0 Å². The molecule has 3 aromatic rings. The molecule has 1 fully saturated rings. The highest BCUT2D eigenvalue weighted by Crippen LogP contribution is 2.32. The molecule has 0 saturated carbocycles. The van der Waals surface area contributed by atoms with Crippen LogP contribution in [0.4, 0.5) is 5.95 Å². The minimum atomic E-state index is 0.238. The van der Waals surface area contributed by atoms with Gasteiger partial charge in [-0.15, -0.1) is 5.10 Å². The van der Waals surface area contributed by atoms with Crippen molar-refractivity contribution in [1.82, 2.24) is 24.5 Å². The lowest BCUT2D eigenvalue weighted by molar-refractivity contribution is 0.260. The second-order valence-electron chi connectivity index (χ2n) is 7.21. The molecule has 3 heterocycles. The Kier molecular flexibility index (Phi) is 4.24. The number of phenolic OH excluding ortho intramolecular Hbond substituents is 1. The van der Waals surface area contributed by atoms with Crippen LogP contribution in [0, 0.1) is 13.8 Å². The second-order valence-corrected chi connectivity index (χ2v) is 7.21. The molecule has 136 valence electrons. The Bertz CT molecular complexity index is 927. The van der Waals surface area contributed by atoms with E-state index in [0.29, 0.717) is 23.5 Å². The van der Waals surface area contributed by atoms with Crippen molar-refractivity contribution in [2.75, 3.05) is 25.5 Å². The van der Waals surface area contributed by atoms with Crippen LogP contribution < -0.4 is 5.32 Å². The number of hydrogen-bond acceptors (Lipinski definition) is 6. The molecule has 1 aliphatic heterocycles. The molecule has 1 unspecified atom stereocenters. The van der Waals surface area contributed by atoms with Gasteiger partial charge < -0.3 is 15.3 Å². The maximum Gasteiger partial charge on any atom is 0.254 e. The van der Waals surface area contributed by atoms with Crippen molar-refractivity contribution < 1.29 is 5.11 Å². The summed E-state index contributed by atoms with van der Waals surface area (Å²) in [6, 6.07) is 6.01. The van der Waals surface area contributed by atoms with E-state index in [1.54, 1.807) is 10.6 Å². The molecule has 1 aromatic carbocycles. The van der Waals surface area contributed by atoms with E-state index >= 15 is 0 Å². The Morgan fingerprint density at radius 2 is 2.08 bits per heavy atom. The van der Waals surface area contributed by atoms with E-state index in [1.165, 1.54) is 6.42 Å². The van der Waals surface area contributed by atoms with Crippen LogP contribution in [0.25, 0.3) is 17.0 Å². The number of hydrogen-bond donors (Lipinski definition) is 2. The number of nitrogens with one attached hydrogen (secondary N) is 1. The largest absolute Gasteiger partial charge is 0.507 e. The van der Waals surface area contributed by atoms with Crippen LogP contribution in [0.15, 0.2) is 24.4 Å². The number of fused-ring (bicyclic) bond motifs is 1. The van der Waals surface area contributed by atoms with Crippen LogP contribution in [-0.4, -0.2) is 55.8 Å². The van der Waals surface area contributed by atoms with E-state index in [9.17, 15) is 5.11 Å². The summed E-state index contributed by atoms with van der Waals surface area (Å²) in [7, 11) is 2.13. The molecule has 0 amide bonds. The number of benzene rings is 1. The summed E-state index contributed by atoms with van der Waals surface area (Å²) in [5, 5.41) is 18.2. The summed E-state index contributed by atoms with van der Waals surface area (Å²) in [4.78, 5) is 11.4. The third-order valence-corrected chi connectivity index (χ3v) is 4.88. The average Bonchev–Trinajstić information content (AvgIpc) is 2.95. The molecule has 0 radical (unpaired) electrons. The molecule has 7 nitrogen and oxygen atoms in total. The smallest absolute Gasteiger partial charge is 0.254 e. The number of rotatable bonds is 3. The second kappa shape index (κ2) is 6.57. The van der Waals surface area contributed by atoms with Gasteiger partial charge in [-0.2, -0.15) is 4.98 Å². The topological polar surface area (TPSA) is 78.6 Å². The van der Waals surface area contributed by atoms with E-state index < -0.39 is 0 Å². The normalized spacial score (nSPS) is 18.3. The van der Waals surface area contributed by atoms with Crippen molar-refractivity contribution in [2.24, 2.45) is 0 Å². The number of aryl methyl sites for hydroxylation is 2. The van der Waals surface area contributed by atoms with Crippen molar-refractivity contribution in [1.29, 1.82) is 0 Å². The summed E-state index contributed by atoms with van der Waals surface area (Å²) in [5.41, 5.74) is 3.45. The van der Waals surface area contributed by atoms with Gasteiger partial charge in [0.25, 0.3) is 5.78 Å². The van der Waals surface area contributed by atoms with Gasteiger partial charge in [-0.05, 0) is 63.5 Å². The predicted octanol–water partition coefficient (Wildman–Crippen LogP) is 2.62. The lowest BCUT2D eigenvalue weighted by atomic mass is 10.0. The van der Waals surface area contributed by atoms with Crippen molar-refractivity contribution in [2.45, 2.75) is 32.7 Å². The quantitative estimate of drug-likeness (QED) is 0.754. The lowest BCUT2D eigenvalue weighted by Gasteiger charge is -2.29. The van der Waals surface area contributed by atoms with Crippen LogP contribution in [0.5, 0.6) is 5.75 Å². The number of likely N-dealkylation sites (tertiary alicyclic amines) is 1. The first-order chi connectivity index (χ1) is 12.5. The highest BCUT2D eigenvalue weighted by atomic mass is 16.3. The maximum absolute atomic E-state index is 10.3. The molecule has 2 N–H and O–H groups in total. The van der Waals surface area contributed by atoms with Gasteiger partial charge in [0.05, 0.1) is 5.69 Å². The number of nitrogens with zero attached hydrogens (tertiary/aromatic N) is 5. The van der Waals surface area contributed by atoms with Crippen LogP contribution in [0.3, 0.4) is 0 Å². The molecule has 0 spiro atoms. The molecule has 1 atom stereocenters. The fraction of sp³-hybridized carbons (Fsp3) is 0.421. The molecule has 4 rings (SSSR count). The zero-order valence-electron chi connectivity index (χ0n) is 15.4. The van der Waals surface area contributed by atoms with Crippen molar-refractivity contribution in [3.8, 4) is 17.0 Å². The molecular weight excluding hydrogens is 328 g/mol. The Hall–Kier alpha value is -2.67. The standard InChI is InChI=1S/C19H24N6O/c1-12-9-13(2)17(16(26)10-12)15-6-8-25-19(21-15)22-18(23-25)20-14-5-4-7-24(3)11-14/h6,8-10,14,26H,4-5,7,11H2,1-3H3,(H,20,23).